The minimum Gasteiger partial charge on any atom is -0.497 e. The molecule has 3 rings (SSSR count). The van der Waals surface area contributed by atoms with Gasteiger partial charge in [-0.3, -0.25) is 0 Å². The predicted octanol–water partition coefficient (Wildman–Crippen LogP) is 2.92. The van der Waals surface area contributed by atoms with Crippen LogP contribution in [0.15, 0.2) is 18.2 Å². The molecule has 0 atom stereocenters. The van der Waals surface area contributed by atoms with Crippen LogP contribution in [0.5, 0.6) is 5.75 Å². The molecular formula is C16H22ClN3O. The van der Waals surface area contributed by atoms with Crippen LogP contribution in [0.2, 0.25) is 0 Å². The van der Waals surface area contributed by atoms with Crippen LogP contribution in [-0.4, -0.2) is 47.1 Å². The number of ether oxygens (including phenoxy) is 1. The number of halogens is 1. The highest BCUT2D eigenvalue weighted by molar-refractivity contribution is 6.17. The number of rotatable bonds is 7. The second-order valence-electron chi connectivity index (χ2n) is 5.69. The number of alkyl halides is 1. The molecule has 0 bridgehead atoms. The minimum atomic E-state index is 0.596. The SMILES string of the molecule is COc1ccc2c(c1)nc(CCCl)n2CCN(C)C1CC1. The molecule has 2 aromatic rings. The van der Waals surface area contributed by atoms with Crippen LogP contribution >= 0.6 is 11.6 Å². The summed E-state index contributed by atoms with van der Waals surface area (Å²) >= 11 is 5.93. The van der Waals surface area contributed by atoms with E-state index in [9.17, 15) is 0 Å². The van der Waals surface area contributed by atoms with E-state index in [1.54, 1.807) is 7.11 Å². The molecule has 0 amide bonds. The van der Waals surface area contributed by atoms with Crippen molar-refractivity contribution in [1.29, 1.82) is 0 Å². The monoisotopic (exact) mass is 307 g/mol. The third-order valence-electron chi connectivity index (χ3n) is 4.20. The Balaban J connectivity index is 1.87. The van der Waals surface area contributed by atoms with Crippen LogP contribution in [0.3, 0.4) is 0 Å². The van der Waals surface area contributed by atoms with Crippen molar-refractivity contribution in [2.24, 2.45) is 0 Å². The number of methoxy groups -OCH3 is 1. The molecule has 0 unspecified atom stereocenters. The second-order valence-corrected chi connectivity index (χ2v) is 6.06. The molecule has 0 radical (unpaired) electrons. The highest BCUT2D eigenvalue weighted by atomic mass is 35.5. The van der Waals surface area contributed by atoms with Gasteiger partial charge in [0.2, 0.25) is 0 Å². The quantitative estimate of drug-likeness (QED) is 0.737. The van der Waals surface area contributed by atoms with Crippen molar-refractivity contribution in [1.82, 2.24) is 14.5 Å². The molecule has 114 valence electrons. The van der Waals surface area contributed by atoms with Gasteiger partial charge in [0.05, 0.1) is 18.1 Å². The average molecular weight is 308 g/mol. The van der Waals surface area contributed by atoms with Crippen molar-refractivity contribution in [2.75, 3.05) is 26.6 Å². The number of likely N-dealkylation sites (N-methyl/N-ethyl adjacent to an activating group) is 1. The topological polar surface area (TPSA) is 30.3 Å². The Kier molecular flexibility index (Phi) is 4.36. The van der Waals surface area contributed by atoms with Crippen LogP contribution in [0, 0.1) is 0 Å². The third-order valence-corrected chi connectivity index (χ3v) is 4.39. The lowest BCUT2D eigenvalue weighted by Crippen LogP contribution is -2.25. The second kappa shape index (κ2) is 6.24. The summed E-state index contributed by atoms with van der Waals surface area (Å²) < 4.78 is 7.59. The Morgan fingerprint density at radius 3 is 2.90 bits per heavy atom. The average Bonchev–Trinajstić information content (AvgIpc) is 3.28. The summed E-state index contributed by atoms with van der Waals surface area (Å²) in [7, 11) is 3.89. The molecule has 4 nitrogen and oxygen atoms in total. The molecule has 5 heteroatoms. The summed E-state index contributed by atoms with van der Waals surface area (Å²) in [5.41, 5.74) is 2.16. The Bertz CT molecular complexity index is 621. The van der Waals surface area contributed by atoms with E-state index < -0.39 is 0 Å². The molecule has 21 heavy (non-hydrogen) atoms. The first kappa shape index (κ1) is 14.7. The van der Waals surface area contributed by atoms with Crippen molar-refractivity contribution >= 4 is 22.6 Å². The summed E-state index contributed by atoms with van der Waals surface area (Å²) in [5.74, 6) is 2.51. The van der Waals surface area contributed by atoms with Gasteiger partial charge in [0, 0.05) is 37.5 Å². The summed E-state index contributed by atoms with van der Waals surface area (Å²) in [6.45, 7) is 2.01. The van der Waals surface area contributed by atoms with Gasteiger partial charge in [-0.2, -0.15) is 0 Å². The molecule has 1 heterocycles. The summed E-state index contributed by atoms with van der Waals surface area (Å²) in [4.78, 5) is 7.17. The number of aryl methyl sites for hydroxylation is 1. The third kappa shape index (κ3) is 3.16. The van der Waals surface area contributed by atoms with Gasteiger partial charge in [0.15, 0.2) is 0 Å². The smallest absolute Gasteiger partial charge is 0.121 e. The maximum Gasteiger partial charge on any atom is 0.121 e. The highest BCUT2D eigenvalue weighted by Gasteiger charge is 2.25. The van der Waals surface area contributed by atoms with Crippen molar-refractivity contribution in [3.63, 3.8) is 0 Å². The number of aromatic nitrogens is 2. The lowest BCUT2D eigenvalue weighted by atomic mass is 10.3. The van der Waals surface area contributed by atoms with Crippen molar-refractivity contribution < 1.29 is 4.74 Å². The molecule has 1 fully saturated rings. The molecule has 0 spiro atoms. The molecule has 1 aliphatic carbocycles. The Labute approximate surface area is 130 Å². The number of imidazole rings is 1. The van der Waals surface area contributed by atoms with Crippen LogP contribution in [0.4, 0.5) is 0 Å². The highest BCUT2D eigenvalue weighted by Crippen LogP contribution is 2.26. The van der Waals surface area contributed by atoms with Crippen molar-refractivity contribution in [3.8, 4) is 5.75 Å². The van der Waals surface area contributed by atoms with Gasteiger partial charge in [-0.25, -0.2) is 4.98 Å². The lowest BCUT2D eigenvalue weighted by molar-refractivity contribution is 0.309. The molecule has 1 aromatic carbocycles. The Hall–Kier alpha value is -1.26. The van der Waals surface area contributed by atoms with E-state index in [4.69, 9.17) is 21.3 Å². The molecule has 1 aliphatic rings. The zero-order valence-corrected chi connectivity index (χ0v) is 13.4. The first-order chi connectivity index (χ1) is 10.2. The normalized spacial score (nSPS) is 15.0. The van der Waals surface area contributed by atoms with Gasteiger partial charge >= 0.3 is 0 Å². The number of hydrogen-bond donors (Lipinski definition) is 0. The van der Waals surface area contributed by atoms with Gasteiger partial charge < -0.3 is 14.2 Å². The van der Waals surface area contributed by atoms with E-state index in [0.717, 1.165) is 42.6 Å². The Morgan fingerprint density at radius 1 is 1.43 bits per heavy atom. The number of benzene rings is 1. The van der Waals surface area contributed by atoms with Crippen molar-refractivity contribution in [3.05, 3.63) is 24.0 Å². The van der Waals surface area contributed by atoms with Gasteiger partial charge in [0.25, 0.3) is 0 Å². The fraction of sp³-hybridized carbons (Fsp3) is 0.562. The maximum absolute atomic E-state index is 5.93. The van der Waals surface area contributed by atoms with E-state index >= 15 is 0 Å². The largest absolute Gasteiger partial charge is 0.497 e. The first-order valence-corrected chi connectivity index (χ1v) is 8.05. The van der Waals surface area contributed by atoms with E-state index in [0.29, 0.717) is 5.88 Å². The van der Waals surface area contributed by atoms with E-state index in [1.165, 1.54) is 18.4 Å². The van der Waals surface area contributed by atoms with E-state index in [2.05, 4.69) is 22.6 Å². The minimum absolute atomic E-state index is 0.596. The van der Waals surface area contributed by atoms with Crippen LogP contribution < -0.4 is 4.74 Å². The number of nitrogens with zero attached hydrogens (tertiary/aromatic N) is 3. The van der Waals surface area contributed by atoms with Gasteiger partial charge in [-0.05, 0) is 32.0 Å². The van der Waals surface area contributed by atoms with Crippen LogP contribution in [0.1, 0.15) is 18.7 Å². The fourth-order valence-electron chi connectivity index (χ4n) is 2.77. The molecule has 0 aliphatic heterocycles. The number of fused-ring (bicyclic) bond motifs is 1. The van der Waals surface area contributed by atoms with E-state index in [-0.39, 0.29) is 0 Å². The molecule has 0 N–H and O–H groups in total. The molecule has 1 aromatic heterocycles. The molecule has 1 saturated carbocycles. The van der Waals surface area contributed by atoms with E-state index in [1.807, 2.05) is 12.1 Å². The maximum atomic E-state index is 5.93. The lowest BCUT2D eigenvalue weighted by Gasteiger charge is -2.17. The van der Waals surface area contributed by atoms with Crippen LogP contribution in [-0.2, 0) is 13.0 Å². The summed E-state index contributed by atoms with van der Waals surface area (Å²) in [6, 6.07) is 6.87. The van der Waals surface area contributed by atoms with Crippen LogP contribution in [0.25, 0.3) is 11.0 Å². The zero-order valence-electron chi connectivity index (χ0n) is 12.7. The Morgan fingerprint density at radius 2 is 2.24 bits per heavy atom. The van der Waals surface area contributed by atoms with Gasteiger partial charge in [-0.15, -0.1) is 11.6 Å². The fourth-order valence-corrected chi connectivity index (χ4v) is 2.94. The molecular weight excluding hydrogens is 286 g/mol. The summed E-state index contributed by atoms with van der Waals surface area (Å²) in [6.07, 6.45) is 3.48. The van der Waals surface area contributed by atoms with Gasteiger partial charge in [0.1, 0.15) is 11.6 Å². The first-order valence-electron chi connectivity index (χ1n) is 7.52. The number of hydrogen-bond acceptors (Lipinski definition) is 3. The zero-order chi connectivity index (χ0) is 14.8. The predicted molar refractivity (Wildman–Crippen MR) is 86.4 cm³/mol. The summed E-state index contributed by atoms with van der Waals surface area (Å²) in [5, 5.41) is 0. The standard InChI is InChI=1S/C16H22ClN3O/c1-19(12-3-4-12)9-10-20-15-6-5-13(21-2)11-14(15)18-16(20)7-8-17/h5-6,11-12H,3-4,7-10H2,1-2H3. The molecule has 0 saturated heterocycles. The van der Waals surface area contributed by atoms with Crippen molar-refractivity contribution in [2.45, 2.75) is 31.8 Å². The van der Waals surface area contributed by atoms with Gasteiger partial charge in [-0.1, -0.05) is 0 Å².